The molecular formula is C22H22ClN2O+. The molecule has 0 unspecified atom stereocenters. The fourth-order valence-corrected chi connectivity index (χ4v) is 2.99. The summed E-state index contributed by atoms with van der Waals surface area (Å²) in [7, 11) is 0. The molecule has 0 bridgehead atoms. The topological polar surface area (TPSA) is 45.7 Å². The number of hydrogen-bond donors (Lipinski definition) is 2. The number of hydrogen-bond acceptors (Lipinski definition) is 1. The predicted octanol–water partition coefficient (Wildman–Crippen LogP) is 4.09. The standard InChI is InChI=1S/C22H21ClN2O/c1-16-12-13-19(14-20(16)23)25-22(26)21(18-10-6-3-7-11-18)24-15-17-8-4-2-5-9-17/h2-14,21,24H,15H2,1H3,(H,25,26)/p+1/t21-/m0/s1. The van der Waals surface area contributed by atoms with Gasteiger partial charge in [0.2, 0.25) is 0 Å². The minimum absolute atomic E-state index is 0.0629. The number of nitrogens with two attached hydrogens (primary N) is 1. The van der Waals surface area contributed by atoms with Gasteiger partial charge in [-0.1, -0.05) is 78.3 Å². The number of carbonyl (C=O) groups is 1. The minimum atomic E-state index is -0.337. The van der Waals surface area contributed by atoms with Gasteiger partial charge in [-0.2, -0.15) is 0 Å². The largest absolute Gasteiger partial charge is 0.328 e. The van der Waals surface area contributed by atoms with E-state index in [0.717, 1.165) is 17.7 Å². The van der Waals surface area contributed by atoms with Gasteiger partial charge in [-0.05, 0) is 24.6 Å². The summed E-state index contributed by atoms with van der Waals surface area (Å²) in [5.41, 5.74) is 3.85. The third-order valence-corrected chi connectivity index (χ3v) is 4.72. The Balaban J connectivity index is 1.77. The van der Waals surface area contributed by atoms with Crippen LogP contribution in [0.5, 0.6) is 0 Å². The molecule has 0 aromatic heterocycles. The van der Waals surface area contributed by atoms with Gasteiger partial charge in [-0.15, -0.1) is 0 Å². The molecule has 3 N–H and O–H groups in total. The molecule has 3 nitrogen and oxygen atoms in total. The normalized spacial score (nSPS) is 11.8. The van der Waals surface area contributed by atoms with E-state index in [-0.39, 0.29) is 11.9 Å². The number of halogens is 1. The van der Waals surface area contributed by atoms with Crippen LogP contribution < -0.4 is 10.6 Å². The molecule has 0 heterocycles. The average Bonchev–Trinajstić information content (AvgIpc) is 2.67. The van der Waals surface area contributed by atoms with Crippen LogP contribution in [0.1, 0.15) is 22.7 Å². The van der Waals surface area contributed by atoms with E-state index in [9.17, 15) is 4.79 Å². The third kappa shape index (κ3) is 4.72. The van der Waals surface area contributed by atoms with Crippen LogP contribution >= 0.6 is 11.6 Å². The Hall–Kier alpha value is -2.62. The summed E-state index contributed by atoms with van der Waals surface area (Å²) >= 11 is 6.18. The lowest BCUT2D eigenvalue weighted by Gasteiger charge is -2.16. The highest BCUT2D eigenvalue weighted by molar-refractivity contribution is 6.31. The first-order valence-electron chi connectivity index (χ1n) is 8.62. The van der Waals surface area contributed by atoms with E-state index in [1.807, 2.05) is 67.6 Å². The van der Waals surface area contributed by atoms with Gasteiger partial charge in [0, 0.05) is 21.8 Å². The van der Waals surface area contributed by atoms with Crippen molar-refractivity contribution in [1.29, 1.82) is 0 Å². The summed E-state index contributed by atoms with van der Waals surface area (Å²) in [6.07, 6.45) is 0. The van der Waals surface area contributed by atoms with Gasteiger partial charge in [-0.25, -0.2) is 0 Å². The second-order valence-electron chi connectivity index (χ2n) is 6.27. The lowest BCUT2D eigenvalue weighted by molar-refractivity contribution is -0.697. The van der Waals surface area contributed by atoms with E-state index in [1.165, 1.54) is 5.56 Å². The van der Waals surface area contributed by atoms with E-state index in [2.05, 4.69) is 22.8 Å². The molecule has 26 heavy (non-hydrogen) atoms. The van der Waals surface area contributed by atoms with Gasteiger partial charge >= 0.3 is 0 Å². The van der Waals surface area contributed by atoms with Crippen LogP contribution in [0.25, 0.3) is 0 Å². The molecule has 0 spiro atoms. The van der Waals surface area contributed by atoms with Crippen LogP contribution in [0.3, 0.4) is 0 Å². The zero-order chi connectivity index (χ0) is 18.4. The van der Waals surface area contributed by atoms with Gasteiger partial charge in [0.1, 0.15) is 6.54 Å². The first-order chi connectivity index (χ1) is 12.6. The van der Waals surface area contributed by atoms with Crippen LogP contribution in [0.15, 0.2) is 78.9 Å². The fraction of sp³-hybridized carbons (Fsp3) is 0.136. The Morgan fingerprint density at radius 3 is 2.31 bits per heavy atom. The number of carbonyl (C=O) groups excluding carboxylic acids is 1. The molecule has 1 atom stereocenters. The second-order valence-corrected chi connectivity index (χ2v) is 6.67. The number of rotatable bonds is 6. The molecule has 3 aromatic carbocycles. The van der Waals surface area contributed by atoms with Crippen molar-refractivity contribution in [2.45, 2.75) is 19.5 Å². The first-order valence-corrected chi connectivity index (χ1v) is 9.00. The van der Waals surface area contributed by atoms with Crippen LogP contribution in [0.4, 0.5) is 5.69 Å². The van der Waals surface area contributed by atoms with E-state index >= 15 is 0 Å². The predicted molar refractivity (Wildman–Crippen MR) is 106 cm³/mol. The van der Waals surface area contributed by atoms with Crippen molar-refractivity contribution < 1.29 is 10.1 Å². The van der Waals surface area contributed by atoms with Crippen molar-refractivity contribution in [2.75, 3.05) is 5.32 Å². The number of amides is 1. The lowest BCUT2D eigenvalue weighted by atomic mass is 10.1. The Morgan fingerprint density at radius 2 is 1.65 bits per heavy atom. The summed E-state index contributed by atoms with van der Waals surface area (Å²) in [6.45, 7) is 2.66. The zero-order valence-corrected chi connectivity index (χ0v) is 15.4. The Labute approximate surface area is 159 Å². The van der Waals surface area contributed by atoms with Crippen molar-refractivity contribution >= 4 is 23.2 Å². The number of aryl methyl sites for hydroxylation is 1. The third-order valence-electron chi connectivity index (χ3n) is 4.31. The quantitative estimate of drug-likeness (QED) is 0.679. The van der Waals surface area contributed by atoms with Crippen molar-refractivity contribution in [3.05, 3.63) is 101 Å². The highest BCUT2D eigenvalue weighted by Crippen LogP contribution is 2.21. The van der Waals surface area contributed by atoms with Crippen LogP contribution in [-0.4, -0.2) is 5.91 Å². The van der Waals surface area contributed by atoms with Gasteiger partial charge < -0.3 is 10.6 Å². The molecule has 3 rings (SSSR count). The maximum Gasteiger partial charge on any atom is 0.287 e. The summed E-state index contributed by atoms with van der Waals surface area (Å²) in [5, 5.41) is 5.69. The molecule has 4 heteroatoms. The Kier molecular flexibility index (Phi) is 6.05. The lowest BCUT2D eigenvalue weighted by Crippen LogP contribution is -2.85. The molecule has 0 aliphatic heterocycles. The van der Waals surface area contributed by atoms with Gasteiger partial charge in [-0.3, -0.25) is 4.79 Å². The Morgan fingerprint density at radius 1 is 1.00 bits per heavy atom. The summed E-state index contributed by atoms with van der Waals surface area (Å²) in [4.78, 5) is 12.9. The smallest absolute Gasteiger partial charge is 0.287 e. The summed E-state index contributed by atoms with van der Waals surface area (Å²) in [5.74, 6) is -0.0629. The van der Waals surface area contributed by atoms with E-state index in [0.29, 0.717) is 10.7 Å². The van der Waals surface area contributed by atoms with Crippen molar-refractivity contribution in [1.82, 2.24) is 0 Å². The molecule has 0 radical (unpaired) electrons. The van der Waals surface area contributed by atoms with Crippen LogP contribution in [0, 0.1) is 6.92 Å². The molecule has 132 valence electrons. The summed E-state index contributed by atoms with van der Waals surface area (Å²) in [6, 6.07) is 25.2. The number of benzene rings is 3. The van der Waals surface area contributed by atoms with E-state index < -0.39 is 0 Å². The van der Waals surface area contributed by atoms with E-state index in [1.54, 1.807) is 6.07 Å². The zero-order valence-electron chi connectivity index (χ0n) is 14.7. The molecule has 3 aromatic rings. The average molecular weight is 366 g/mol. The highest BCUT2D eigenvalue weighted by Gasteiger charge is 2.24. The fourth-order valence-electron chi connectivity index (χ4n) is 2.81. The minimum Gasteiger partial charge on any atom is -0.328 e. The second kappa shape index (κ2) is 8.65. The maximum absolute atomic E-state index is 12.9. The molecule has 0 saturated carbocycles. The molecule has 0 aliphatic rings. The summed E-state index contributed by atoms with van der Waals surface area (Å²) < 4.78 is 0. The number of quaternary nitrogens is 1. The highest BCUT2D eigenvalue weighted by atomic mass is 35.5. The molecule has 0 fully saturated rings. The molecule has 0 saturated heterocycles. The van der Waals surface area contributed by atoms with E-state index in [4.69, 9.17) is 11.6 Å². The number of anilines is 1. The molecular weight excluding hydrogens is 344 g/mol. The van der Waals surface area contributed by atoms with Gasteiger partial charge in [0.15, 0.2) is 6.04 Å². The first kappa shape index (κ1) is 18.2. The van der Waals surface area contributed by atoms with Crippen molar-refractivity contribution in [3.63, 3.8) is 0 Å². The van der Waals surface area contributed by atoms with Crippen LogP contribution in [0.2, 0.25) is 5.02 Å². The molecule has 0 aliphatic carbocycles. The van der Waals surface area contributed by atoms with Gasteiger partial charge in [0.25, 0.3) is 5.91 Å². The van der Waals surface area contributed by atoms with Crippen LogP contribution in [-0.2, 0) is 11.3 Å². The SMILES string of the molecule is Cc1ccc(NC(=O)[C@@H]([NH2+]Cc2ccccc2)c2ccccc2)cc1Cl. The van der Waals surface area contributed by atoms with Gasteiger partial charge in [0.05, 0.1) is 0 Å². The van der Waals surface area contributed by atoms with Crippen molar-refractivity contribution in [3.8, 4) is 0 Å². The monoisotopic (exact) mass is 365 g/mol. The van der Waals surface area contributed by atoms with Crippen molar-refractivity contribution in [2.24, 2.45) is 0 Å². The molecule has 1 amide bonds. The maximum atomic E-state index is 12.9. The Bertz CT molecular complexity index is 866. The number of nitrogens with one attached hydrogen (secondary N) is 1.